The van der Waals surface area contributed by atoms with Crippen LogP contribution in [0.1, 0.15) is 0 Å². The summed E-state index contributed by atoms with van der Waals surface area (Å²) >= 11 is 0. The summed E-state index contributed by atoms with van der Waals surface area (Å²) in [6.07, 6.45) is 25.4. The van der Waals surface area contributed by atoms with Gasteiger partial charge in [0, 0.05) is 96.6 Å². The summed E-state index contributed by atoms with van der Waals surface area (Å²) in [5.74, 6) is 0. The predicted octanol–water partition coefficient (Wildman–Crippen LogP) is 28.5. The first-order chi connectivity index (χ1) is 59.4. The third kappa shape index (κ3) is 16.9. The summed E-state index contributed by atoms with van der Waals surface area (Å²) in [5.41, 5.74) is 41.0. The predicted molar refractivity (Wildman–Crippen MR) is 493 cm³/mol. The molecule has 0 aliphatic rings. The van der Waals surface area contributed by atoms with Crippen molar-refractivity contribution in [2.75, 3.05) is 0 Å². The highest BCUT2D eigenvalue weighted by Gasteiger charge is 2.17. The van der Waals surface area contributed by atoms with Gasteiger partial charge in [0.05, 0.1) is 0 Å². The molecule has 8 heteroatoms. The van der Waals surface area contributed by atoms with E-state index < -0.39 is 0 Å². The van der Waals surface area contributed by atoms with Gasteiger partial charge in [-0.3, -0.25) is 19.9 Å². The molecule has 20 aromatic rings. The zero-order valence-electron chi connectivity index (χ0n) is 65.5. The Morgan fingerprint density at radius 2 is 0.233 bits per heavy atom. The molecular formula is C112H76N8. The Kier molecular flexibility index (Phi) is 21.3. The lowest BCUT2D eigenvalue weighted by Crippen LogP contribution is -1.89. The number of pyridine rings is 4. The average molecular weight is 1530 g/mol. The molecule has 120 heavy (non-hydrogen) atoms. The Balaban J connectivity index is 0.000000159. The van der Waals surface area contributed by atoms with E-state index in [1.54, 1.807) is 12.7 Å². The van der Waals surface area contributed by atoms with Crippen LogP contribution < -0.4 is 0 Å². The molecule has 0 amide bonds. The topological polar surface area (TPSA) is 103 Å². The second kappa shape index (κ2) is 34.5. The Hall–Kier alpha value is -16.2. The lowest BCUT2D eigenvalue weighted by molar-refractivity contribution is 1.17. The van der Waals surface area contributed by atoms with Gasteiger partial charge in [-0.25, -0.2) is 19.9 Å². The standard InChI is InChI=1S/C57H39N3.C55H37N5/c1-8-42(40-21-26-58-27-22-40)30-44(10-1)46-12-3-14-48(32-46)50-16-5-18-52(34-50)55-36-56(38-57(37-55)54-20-7-25-60-39-54)53-19-6-17-51(35-53)49-15-4-13-47(33-49)45-11-2-9-43(31-45)41-23-28-59-29-24-41;1-8-38(22-40(10-1)44-14-5-18-48(26-44)54-32-57-36-58-33-54)42-12-3-16-46(24-42)51-28-52(30-53(29-51)50-20-7-21-56-31-50)47-17-4-13-43(25-47)39-9-2-11-41(23-39)45-15-6-19-49(27-45)55-34-59-37-60-35-55/h1-39H;1-37H. The molecule has 0 bridgehead atoms. The highest BCUT2D eigenvalue weighted by molar-refractivity contribution is 5.89. The highest BCUT2D eigenvalue weighted by Crippen LogP contribution is 2.42. The number of aromatic nitrogens is 8. The van der Waals surface area contributed by atoms with E-state index in [0.29, 0.717) is 0 Å². The Bertz CT molecular complexity index is 6220. The summed E-state index contributed by atoms with van der Waals surface area (Å²) < 4.78 is 0. The van der Waals surface area contributed by atoms with Gasteiger partial charge in [0.15, 0.2) is 0 Å². The van der Waals surface area contributed by atoms with E-state index in [1.165, 1.54) is 55.6 Å². The summed E-state index contributed by atoms with van der Waals surface area (Å²) in [6, 6.07) is 135. The second-order valence-corrected chi connectivity index (χ2v) is 29.8. The molecular weight excluding hydrogens is 1460 g/mol. The lowest BCUT2D eigenvalue weighted by Gasteiger charge is -2.14. The van der Waals surface area contributed by atoms with E-state index in [-0.39, 0.29) is 0 Å². The molecule has 0 unspecified atom stereocenters. The van der Waals surface area contributed by atoms with Gasteiger partial charge < -0.3 is 0 Å². The molecule has 20 rings (SSSR count). The van der Waals surface area contributed by atoms with Crippen molar-refractivity contribution < 1.29 is 0 Å². The minimum Gasteiger partial charge on any atom is -0.265 e. The number of hydrogen-bond acceptors (Lipinski definition) is 8. The van der Waals surface area contributed by atoms with E-state index in [0.717, 1.165) is 145 Å². The molecule has 6 aromatic heterocycles. The first-order valence-electron chi connectivity index (χ1n) is 40.1. The third-order valence-corrected chi connectivity index (χ3v) is 22.0. The fraction of sp³-hybridized carbons (Fsp3) is 0. The zero-order chi connectivity index (χ0) is 80.2. The van der Waals surface area contributed by atoms with Crippen LogP contribution in [0.15, 0.2) is 463 Å². The van der Waals surface area contributed by atoms with Crippen LogP contribution in [-0.2, 0) is 0 Å². The smallest absolute Gasteiger partial charge is 0.115 e. The van der Waals surface area contributed by atoms with Crippen molar-refractivity contribution in [1.29, 1.82) is 0 Å². The summed E-state index contributed by atoms with van der Waals surface area (Å²) in [4.78, 5) is 34.2. The molecule has 0 radical (unpaired) electrons. The van der Waals surface area contributed by atoms with Gasteiger partial charge in [0.2, 0.25) is 0 Å². The van der Waals surface area contributed by atoms with Gasteiger partial charge in [0.25, 0.3) is 0 Å². The molecule has 0 atom stereocenters. The molecule has 0 saturated carbocycles. The van der Waals surface area contributed by atoms with E-state index in [9.17, 15) is 0 Å². The first-order valence-corrected chi connectivity index (χ1v) is 40.1. The quantitative estimate of drug-likeness (QED) is 0.0837. The van der Waals surface area contributed by atoms with Crippen molar-refractivity contribution in [3.63, 3.8) is 0 Å². The van der Waals surface area contributed by atoms with Gasteiger partial charge in [-0.15, -0.1) is 0 Å². The van der Waals surface area contributed by atoms with Gasteiger partial charge >= 0.3 is 0 Å². The van der Waals surface area contributed by atoms with Crippen LogP contribution in [-0.4, -0.2) is 39.9 Å². The minimum absolute atomic E-state index is 0.995. The number of rotatable bonds is 18. The second-order valence-electron chi connectivity index (χ2n) is 29.8. The van der Waals surface area contributed by atoms with Crippen LogP contribution in [0.25, 0.3) is 200 Å². The lowest BCUT2D eigenvalue weighted by atomic mass is 9.91. The van der Waals surface area contributed by atoms with Gasteiger partial charge in [-0.05, 0) is 324 Å². The molecule has 0 fully saturated rings. The van der Waals surface area contributed by atoms with Gasteiger partial charge in [-0.1, -0.05) is 231 Å². The van der Waals surface area contributed by atoms with E-state index in [2.05, 4.69) is 404 Å². The van der Waals surface area contributed by atoms with Gasteiger partial charge in [0.1, 0.15) is 12.7 Å². The number of nitrogens with zero attached hydrogens (tertiary/aromatic N) is 8. The van der Waals surface area contributed by atoms with Crippen LogP contribution in [0.2, 0.25) is 0 Å². The van der Waals surface area contributed by atoms with Crippen molar-refractivity contribution >= 4 is 0 Å². The highest BCUT2D eigenvalue weighted by atomic mass is 14.8. The maximum absolute atomic E-state index is 4.48. The fourth-order valence-corrected chi connectivity index (χ4v) is 15.8. The Morgan fingerprint density at radius 1 is 0.0917 bits per heavy atom. The molecule has 564 valence electrons. The van der Waals surface area contributed by atoms with Crippen LogP contribution in [0.5, 0.6) is 0 Å². The number of benzene rings is 14. The van der Waals surface area contributed by atoms with Crippen molar-refractivity contribution in [3.8, 4) is 200 Å². The molecule has 0 N–H and O–H groups in total. The average Bonchev–Trinajstić information content (AvgIpc) is 0.785. The van der Waals surface area contributed by atoms with Crippen LogP contribution in [0, 0.1) is 0 Å². The van der Waals surface area contributed by atoms with Crippen molar-refractivity contribution in [3.05, 3.63) is 463 Å². The Labute approximate surface area is 698 Å². The molecule has 14 aromatic carbocycles. The summed E-state index contributed by atoms with van der Waals surface area (Å²) in [5, 5.41) is 0. The first kappa shape index (κ1) is 74.0. The van der Waals surface area contributed by atoms with E-state index in [1.807, 2.05) is 86.5 Å². The van der Waals surface area contributed by atoms with Crippen LogP contribution >= 0.6 is 0 Å². The molecule has 6 heterocycles. The molecule has 0 aliphatic carbocycles. The van der Waals surface area contributed by atoms with E-state index in [4.69, 9.17) is 0 Å². The molecule has 0 saturated heterocycles. The SMILES string of the molecule is c1cncc(-c2cc(-c3cccc(-c4cccc(-c5cccc(-c6ccncc6)c5)c4)c3)cc(-c3cccc(-c4cccc(-c5cccc(-c6ccncc6)c5)c4)c3)c2)c1.c1cncc(-c2cc(-c3cccc(-c4cccc(-c5cccc(-c6cncnc6)c5)c4)c3)cc(-c3cccc(-c4cccc(-c5cccc(-c6cncnc6)c5)c4)c3)c2)c1. The minimum atomic E-state index is 0.995. The molecule has 0 aliphatic heterocycles. The van der Waals surface area contributed by atoms with Crippen molar-refractivity contribution in [2.24, 2.45) is 0 Å². The van der Waals surface area contributed by atoms with Crippen LogP contribution in [0.4, 0.5) is 0 Å². The Morgan fingerprint density at radius 3 is 0.417 bits per heavy atom. The van der Waals surface area contributed by atoms with Gasteiger partial charge in [-0.2, -0.15) is 0 Å². The largest absolute Gasteiger partial charge is 0.265 e. The molecule has 8 nitrogen and oxygen atoms in total. The third-order valence-electron chi connectivity index (χ3n) is 22.0. The monoisotopic (exact) mass is 1530 g/mol. The maximum atomic E-state index is 4.48. The fourth-order valence-electron chi connectivity index (χ4n) is 15.8. The van der Waals surface area contributed by atoms with E-state index >= 15 is 0 Å². The van der Waals surface area contributed by atoms with Crippen molar-refractivity contribution in [1.82, 2.24) is 39.9 Å². The molecule has 0 spiro atoms. The number of hydrogen-bond donors (Lipinski definition) is 0. The normalized spacial score (nSPS) is 11.0. The summed E-state index contributed by atoms with van der Waals surface area (Å²) in [7, 11) is 0. The summed E-state index contributed by atoms with van der Waals surface area (Å²) in [6.45, 7) is 0. The van der Waals surface area contributed by atoms with Crippen LogP contribution in [0.3, 0.4) is 0 Å². The van der Waals surface area contributed by atoms with Crippen molar-refractivity contribution in [2.45, 2.75) is 0 Å². The maximum Gasteiger partial charge on any atom is 0.115 e. The zero-order valence-corrected chi connectivity index (χ0v) is 65.5.